The fourth-order valence-electron chi connectivity index (χ4n) is 0.671. The van der Waals surface area contributed by atoms with Crippen LogP contribution < -0.4 is 5.84 Å². The van der Waals surface area contributed by atoms with Crippen LogP contribution >= 0.6 is 0 Å². The third-order valence-corrected chi connectivity index (χ3v) is 1.34. The van der Waals surface area contributed by atoms with Gasteiger partial charge in [-0.3, -0.25) is 9.80 Å². The first-order valence-electron chi connectivity index (χ1n) is 3.20. The quantitative estimate of drug-likeness (QED) is 0.261. The largest absolute Gasteiger partial charge is 0.281 e. The summed E-state index contributed by atoms with van der Waals surface area (Å²) in [5.74, 6) is 5.27. The highest BCUT2D eigenvalue weighted by atomic mass is 16.1. The normalized spacial score (nSPS) is 12.8. The van der Waals surface area contributed by atoms with Gasteiger partial charge in [0, 0.05) is 6.04 Å². The molecule has 0 aromatic rings. The Morgan fingerprint density at radius 2 is 2.33 bits per heavy atom. The van der Waals surface area contributed by atoms with Gasteiger partial charge in [0.15, 0.2) is 0 Å². The molecule has 0 rings (SSSR count). The summed E-state index contributed by atoms with van der Waals surface area (Å²) in [6, 6.07) is 0.174. The number of amides is 1. The van der Waals surface area contributed by atoms with Crippen molar-refractivity contribution in [3.8, 4) is 0 Å². The van der Waals surface area contributed by atoms with Crippen LogP contribution in [0.15, 0.2) is 0 Å². The van der Waals surface area contributed by atoms with Gasteiger partial charge in [-0.05, 0) is 13.3 Å². The number of rotatable bonds is 4. The number of nitrogens with two attached hydrogens (primary N) is 1. The topological polar surface area (TPSA) is 46.3 Å². The van der Waals surface area contributed by atoms with E-state index in [2.05, 4.69) is 6.92 Å². The molecule has 1 unspecified atom stereocenters. The Kier molecular flexibility index (Phi) is 4.05. The van der Waals surface area contributed by atoms with Gasteiger partial charge < -0.3 is 0 Å². The van der Waals surface area contributed by atoms with E-state index in [1.165, 1.54) is 5.01 Å². The minimum absolute atomic E-state index is 0.174. The number of hydrazine groups is 1. The Morgan fingerprint density at radius 3 is 2.67 bits per heavy atom. The average Bonchev–Trinajstić information content (AvgIpc) is 1.87. The molecule has 9 heavy (non-hydrogen) atoms. The summed E-state index contributed by atoms with van der Waals surface area (Å²) in [6.45, 7) is 3.99. The highest BCUT2D eigenvalue weighted by molar-refractivity contribution is 5.46. The number of hydrogen-bond donors (Lipinski definition) is 1. The molecule has 0 radical (unpaired) electrons. The number of carbonyl (C=O) groups excluding carboxylic acids is 1. The summed E-state index contributed by atoms with van der Waals surface area (Å²) in [6.07, 6.45) is 2.68. The molecule has 0 aliphatic heterocycles. The van der Waals surface area contributed by atoms with Crippen LogP contribution in [0, 0.1) is 0 Å². The first-order chi connectivity index (χ1) is 4.22. The van der Waals surface area contributed by atoms with E-state index < -0.39 is 0 Å². The van der Waals surface area contributed by atoms with Gasteiger partial charge in [0.25, 0.3) is 0 Å². The van der Waals surface area contributed by atoms with E-state index in [0.717, 1.165) is 12.8 Å². The van der Waals surface area contributed by atoms with E-state index in [4.69, 9.17) is 5.84 Å². The molecular weight excluding hydrogens is 116 g/mol. The highest BCUT2D eigenvalue weighted by Crippen LogP contribution is 1.98. The fourth-order valence-corrected chi connectivity index (χ4v) is 0.671. The van der Waals surface area contributed by atoms with Crippen molar-refractivity contribution >= 4 is 6.41 Å². The molecule has 3 heteroatoms. The van der Waals surface area contributed by atoms with Crippen LogP contribution in [0.2, 0.25) is 0 Å². The molecule has 0 aromatic carbocycles. The molecule has 0 fully saturated rings. The third kappa shape index (κ3) is 3.08. The fraction of sp³-hybridized carbons (Fsp3) is 0.833. The van der Waals surface area contributed by atoms with Crippen molar-refractivity contribution in [1.82, 2.24) is 5.01 Å². The highest BCUT2D eigenvalue weighted by Gasteiger charge is 2.03. The lowest BCUT2D eigenvalue weighted by atomic mass is 10.2. The zero-order valence-corrected chi connectivity index (χ0v) is 6.00. The zero-order chi connectivity index (χ0) is 7.28. The van der Waals surface area contributed by atoms with E-state index in [1.54, 1.807) is 0 Å². The van der Waals surface area contributed by atoms with Gasteiger partial charge in [-0.25, -0.2) is 5.84 Å². The van der Waals surface area contributed by atoms with Crippen molar-refractivity contribution in [3.05, 3.63) is 0 Å². The number of nitrogens with zero attached hydrogens (tertiary/aromatic N) is 1. The smallest absolute Gasteiger partial charge is 0.223 e. The third-order valence-electron chi connectivity index (χ3n) is 1.34. The molecule has 0 saturated carbocycles. The van der Waals surface area contributed by atoms with Crippen LogP contribution in [0.1, 0.15) is 26.7 Å². The molecule has 0 aromatic heterocycles. The molecule has 0 aliphatic rings. The summed E-state index contributed by atoms with van der Waals surface area (Å²) in [5.41, 5.74) is 0. The maximum atomic E-state index is 10.0. The van der Waals surface area contributed by atoms with Gasteiger partial charge >= 0.3 is 0 Å². The molecule has 0 spiro atoms. The van der Waals surface area contributed by atoms with Crippen LogP contribution in [0.25, 0.3) is 0 Å². The molecule has 0 aliphatic carbocycles. The van der Waals surface area contributed by atoms with Crippen LogP contribution in [-0.4, -0.2) is 17.5 Å². The van der Waals surface area contributed by atoms with Crippen molar-refractivity contribution in [2.45, 2.75) is 32.7 Å². The van der Waals surface area contributed by atoms with Crippen LogP contribution in [0.5, 0.6) is 0 Å². The maximum absolute atomic E-state index is 10.0. The SMILES string of the molecule is CCCC(C)N(N)C=O. The molecular formula is C6H14N2O. The first kappa shape index (κ1) is 8.43. The molecule has 2 N–H and O–H groups in total. The van der Waals surface area contributed by atoms with E-state index >= 15 is 0 Å². The van der Waals surface area contributed by atoms with Crippen LogP contribution in [0.4, 0.5) is 0 Å². The molecule has 54 valence electrons. The monoisotopic (exact) mass is 130 g/mol. The van der Waals surface area contributed by atoms with Crippen molar-refractivity contribution in [2.75, 3.05) is 0 Å². The molecule has 1 amide bonds. The van der Waals surface area contributed by atoms with Gasteiger partial charge in [-0.2, -0.15) is 0 Å². The lowest BCUT2D eigenvalue weighted by molar-refractivity contribution is -0.120. The van der Waals surface area contributed by atoms with Crippen molar-refractivity contribution in [2.24, 2.45) is 5.84 Å². The number of carbonyl (C=O) groups is 1. The second-order valence-electron chi connectivity index (χ2n) is 2.19. The van der Waals surface area contributed by atoms with Crippen molar-refractivity contribution < 1.29 is 4.79 Å². The summed E-state index contributed by atoms with van der Waals surface area (Å²) >= 11 is 0. The minimum Gasteiger partial charge on any atom is -0.281 e. The molecule has 0 saturated heterocycles. The van der Waals surface area contributed by atoms with E-state index in [9.17, 15) is 4.79 Å². The second kappa shape index (κ2) is 4.32. The lowest BCUT2D eigenvalue weighted by Crippen LogP contribution is -2.37. The van der Waals surface area contributed by atoms with Crippen molar-refractivity contribution in [1.29, 1.82) is 0 Å². The van der Waals surface area contributed by atoms with Crippen LogP contribution in [-0.2, 0) is 4.79 Å². The summed E-state index contributed by atoms with van der Waals surface area (Å²) in [5, 5.41) is 1.20. The van der Waals surface area contributed by atoms with Gasteiger partial charge in [-0.15, -0.1) is 0 Å². The molecule has 0 bridgehead atoms. The zero-order valence-electron chi connectivity index (χ0n) is 6.00. The van der Waals surface area contributed by atoms with Crippen molar-refractivity contribution in [3.63, 3.8) is 0 Å². The maximum Gasteiger partial charge on any atom is 0.223 e. The number of hydrogen-bond acceptors (Lipinski definition) is 2. The van der Waals surface area contributed by atoms with E-state index in [-0.39, 0.29) is 6.04 Å². The Bertz CT molecular complexity index is 85.1. The van der Waals surface area contributed by atoms with E-state index in [1.807, 2.05) is 6.92 Å². The standard InChI is InChI=1S/C6H14N2O/c1-3-4-6(2)8(7)5-9/h5-6H,3-4,7H2,1-2H3. The Hall–Kier alpha value is -0.570. The van der Waals surface area contributed by atoms with Gasteiger partial charge in [0.1, 0.15) is 0 Å². The Balaban J connectivity index is 3.44. The Morgan fingerprint density at radius 1 is 1.78 bits per heavy atom. The summed E-state index contributed by atoms with van der Waals surface area (Å²) in [4.78, 5) is 10.0. The van der Waals surface area contributed by atoms with E-state index in [0.29, 0.717) is 6.41 Å². The predicted octanol–water partition coefficient (Wildman–Crippen LogP) is 0.507. The molecule has 0 heterocycles. The average molecular weight is 130 g/mol. The Labute approximate surface area is 55.8 Å². The summed E-state index contributed by atoms with van der Waals surface area (Å²) in [7, 11) is 0. The predicted molar refractivity (Wildman–Crippen MR) is 36.5 cm³/mol. The minimum atomic E-state index is 0.174. The lowest BCUT2D eigenvalue weighted by Gasteiger charge is -2.17. The van der Waals surface area contributed by atoms with Gasteiger partial charge in [0.2, 0.25) is 6.41 Å². The second-order valence-corrected chi connectivity index (χ2v) is 2.19. The van der Waals surface area contributed by atoms with Gasteiger partial charge in [-0.1, -0.05) is 13.3 Å². The van der Waals surface area contributed by atoms with Crippen LogP contribution in [0.3, 0.4) is 0 Å². The first-order valence-corrected chi connectivity index (χ1v) is 3.20. The molecule has 3 nitrogen and oxygen atoms in total. The summed E-state index contributed by atoms with van der Waals surface area (Å²) < 4.78 is 0. The van der Waals surface area contributed by atoms with Gasteiger partial charge in [0.05, 0.1) is 0 Å². The molecule has 1 atom stereocenters.